The average Bonchev–Trinajstić information content (AvgIpc) is 3.17. The molecule has 3 aromatic rings. The number of nitrogens with zero attached hydrogens (tertiary/aromatic N) is 4. The van der Waals surface area contributed by atoms with Crippen LogP contribution in [0.15, 0.2) is 53.5 Å². The van der Waals surface area contributed by atoms with Crippen LogP contribution in [0.25, 0.3) is 0 Å². The van der Waals surface area contributed by atoms with Gasteiger partial charge in [0.15, 0.2) is 5.89 Å². The summed E-state index contributed by atoms with van der Waals surface area (Å²) in [4.78, 5) is 27.0. The number of carbonyl (C=O) groups excluding carboxylic acids is 1. The van der Waals surface area contributed by atoms with E-state index in [0.29, 0.717) is 36.1 Å². The van der Waals surface area contributed by atoms with Gasteiger partial charge in [0.05, 0.1) is 18.3 Å². The van der Waals surface area contributed by atoms with Crippen molar-refractivity contribution in [3.05, 3.63) is 77.0 Å². The molecule has 0 aliphatic carbocycles. The maximum absolute atomic E-state index is 12.6. The Bertz CT molecular complexity index is 928. The van der Waals surface area contributed by atoms with Crippen LogP contribution in [0.2, 0.25) is 5.02 Å². The number of likely N-dealkylation sites (tertiary alicyclic amines) is 1. The van der Waals surface area contributed by atoms with Crippen LogP contribution in [-0.4, -0.2) is 38.8 Å². The third-order valence-electron chi connectivity index (χ3n) is 4.68. The molecule has 1 aromatic carbocycles. The maximum Gasteiger partial charge on any atom is 0.274 e. The molecule has 1 aliphatic heterocycles. The van der Waals surface area contributed by atoms with E-state index in [0.717, 1.165) is 24.2 Å². The molecule has 0 saturated carbocycles. The predicted molar refractivity (Wildman–Crippen MR) is 101 cm³/mol. The number of hydrogen-bond acceptors (Lipinski definition) is 5. The second-order valence-electron chi connectivity index (χ2n) is 6.65. The summed E-state index contributed by atoms with van der Waals surface area (Å²) in [6.45, 7) is 1.29. The third-order valence-corrected chi connectivity index (χ3v) is 4.91. The van der Waals surface area contributed by atoms with Crippen LogP contribution in [-0.2, 0) is 6.42 Å². The van der Waals surface area contributed by atoms with Gasteiger partial charge in [0, 0.05) is 36.9 Å². The normalized spacial score (nSPS) is 17.1. The third kappa shape index (κ3) is 4.17. The van der Waals surface area contributed by atoms with Crippen LogP contribution >= 0.6 is 11.6 Å². The number of piperidine rings is 1. The van der Waals surface area contributed by atoms with E-state index in [9.17, 15) is 4.79 Å². The van der Waals surface area contributed by atoms with Gasteiger partial charge < -0.3 is 9.32 Å². The highest BCUT2D eigenvalue weighted by molar-refractivity contribution is 6.30. The van der Waals surface area contributed by atoms with E-state index in [-0.39, 0.29) is 11.8 Å². The van der Waals surface area contributed by atoms with E-state index in [4.69, 9.17) is 16.0 Å². The topological polar surface area (TPSA) is 72.1 Å². The lowest BCUT2D eigenvalue weighted by Crippen LogP contribution is -2.39. The number of rotatable bonds is 4. The minimum atomic E-state index is -0.0986. The van der Waals surface area contributed by atoms with Gasteiger partial charge in [-0.2, -0.15) is 0 Å². The molecule has 1 fully saturated rings. The second-order valence-corrected chi connectivity index (χ2v) is 7.09. The molecule has 1 atom stereocenters. The number of aromatic nitrogens is 3. The van der Waals surface area contributed by atoms with Crippen molar-refractivity contribution >= 4 is 17.5 Å². The van der Waals surface area contributed by atoms with Gasteiger partial charge in [-0.1, -0.05) is 23.7 Å². The van der Waals surface area contributed by atoms with Crippen molar-refractivity contribution in [2.45, 2.75) is 25.2 Å². The van der Waals surface area contributed by atoms with Gasteiger partial charge in [-0.3, -0.25) is 9.78 Å². The van der Waals surface area contributed by atoms with Gasteiger partial charge in [0.1, 0.15) is 11.5 Å². The number of hydrogen-bond donors (Lipinski definition) is 0. The molecule has 0 bridgehead atoms. The molecule has 138 valence electrons. The fourth-order valence-corrected chi connectivity index (χ4v) is 3.59. The highest BCUT2D eigenvalue weighted by Gasteiger charge is 2.29. The Balaban J connectivity index is 1.44. The highest BCUT2D eigenvalue weighted by Crippen LogP contribution is 2.28. The first-order chi connectivity index (χ1) is 13.2. The van der Waals surface area contributed by atoms with E-state index in [1.807, 2.05) is 24.3 Å². The molecule has 6 nitrogen and oxygen atoms in total. The number of carbonyl (C=O) groups is 1. The van der Waals surface area contributed by atoms with Crippen molar-refractivity contribution in [1.82, 2.24) is 19.9 Å². The molecular formula is C20H19ClN4O2. The standard InChI is InChI=1S/C20H19ClN4O2/c21-16-5-1-3-14(9-16)10-17-11-24-19(27-17)15-4-2-8-25(13-15)20(26)18-12-22-6-7-23-18/h1,3,5-7,9,11-12,15H,2,4,8,10,13H2. The molecular weight excluding hydrogens is 364 g/mol. The van der Waals surface area contributed by atoms with Crippen LogP contribution in [0, 0.1) is 0 Å². The summed E-state index contributed by atoms with van der Waals surface area (Å²) >= 11 is 6.04. The van der Waals surface area contributed by atoms with Crippen LogP contribution in [0.5, 0.6) is 0 Å². The Morgan fingerprint density at radius 2 is 2.19 bits per heavy atom. The van der Waals surface area contributed by atoms with E-state index in [1.54, 1.807) is 17.3 Å². The highest BCUT2D eigenvalue weighted by atomic mass is 35.5. The summed E-state index contributed by atoms with van der Waals surface area (Å²) in [6.07, 6.45) is 8.85. The number of benzene rings is 1. The first-order valence-electron chi connectivity index (χ1n) is 8.93. The molecule has 4 rings (SSSR count). The summed E-state index contributed by atoms with van der Waals surface area (Å²) in [5, 5.41) is 0.706. The Morgan fingerprint density at radius 1 is 1.26 bits per heavy atom. The van der Waals surface area contributed by atoms with E-state index in [1.165, 1.54) is 12.4 Å². The fourth-order valence-electron chi connectivity index (χ4n) is 3.38. The molecule has 3 heterocycles. The van der Waals surface area contributed by atoms with Gasteiger partial charge in [0.25, 0.3) is 5.91 Å². The molecule has 0 spiro atoms. The van der Waals surface area contributed by atoms with Gasteiger partial charge in [-0.05, 0) is 30.5 Å². The van der Waals surface area contributed by atoms with Gasteiger partial charge in [-0.25, -0.2) is 9.97 Å². The lowest BCUT2D eigenvalue weighted by Gasteiger charge is -2.30. The van der Waals surface area contributed by atoms with Gasteiger partial charge >= 0.3 is 0 Å². The van der Waals surface area contributed by atoms with Gasteiger partial charge in [-0.15, -0.1) is 0 Å². The number of amides is 1. The fraction of sp³-hybridized carbons (Fsp3) is 0.300. The van der Waals surface area contributed by atoms with Crippen LogP contribution in [0.3, 0.4) is 0 Å². The molecule has 2 aromatic heterocycles. The van der Waals surface area contributed by atoms with Crippen LogP contribution < -0.4 is 0 Å². The average molecular weight is 383 g/mol. The molecule has 1 saturated heterocycles. The molecule has 27 heavy (non-hydrogen) atoms. The minimum Gasteiger partial charge on any atom is -0.445 e. The molecule has 0 radical (unpaired) electrons. The lowest BCUT2D eigenvalue weighted by molar-refractivity contribution is 0.0691. The zero-order chi connectivity index (χ0) is 18.6. The summed E-state index contributed by atoms with van der Waals surface area (Å²) in [5.41, 5.74) is 1.44. The van der Waals surface area contributed by atoms with Crippen LogP contribution in [0.4, 0.5) is 0 Å². The Kier molecular flexibility index (Phi) is 5.16. The van der Waals surface area contributed by atoms with Crippen molar-refractivity contribution in [3.8, 4) is 0 Å². The largest absolute Gasteiger partial charge is 0.445 e. The Morgan fingerprint density at radius 3 is 3.00 bits per heavy atom. The van der Waals surface area contributed by atoms with Gasteiger partial charge in [0.2, 0.25) is 0 Å². The lowest BCUT2D eigenvalue weighted by atomic mass is 9.98. The first kappa shape index (κ1) is 17.7. The molecule has 1 amide bonds. The van der Waals surface area contributed by atoms with E-state index < -0.39 is 0 Å². The summed E-state index contributed by atoms with van der Waals surface area (Å²) in [5.74, 6) is 1.47. The van der Waals surface area contributed by atoms with Crippen molar-refractivity contribution in [2.75, 3.05) is 13.1 Å². The smallest absolute Gasteiger partial charge is 0.274 e. The second kappa shape index (κ2) is 7.88. The van der Waals surface area contributed by atoms with Crippen molar-refractivity contribution in [2.24, 2.45) is 0 Å². The Labute approximate surface area is 162 Å². The predicted octanol–water partition coefficient (Wildman–Crippen LogP) is 3.73. The quantitative estimate of drug-likeness (QED) is 0.687. The molecule has 7 heteroatoms. The first-order valence-corrected chi connectivity index (χ1v) is 9.31. The maximum atomic E-state index is 12.6. The summed E-state index contributed by atoms with van der Waals surface area (Å²) < 4.78 is 5.98. The zero-order valence-electron chi connectivity index (χ0n) is 14.7. The van der Waals surface area contributed by atoms with E-state index in [2.05, 4.69) is 15.0 Å². The molecule has 1 unspecified atom stereocenters. The molecule has 0 N–H and O–H groups in total. The summed E-state index contributed by atoms with van der Waals surface area (Å²) in [7, 11) is 0. The SMILES string of the molecule is O=C(c1cnccn1)N1CCCC(c2ncc(Cc3cccc(Cl)c3)o2)C1. The zero-order valence-corrected chi connectivity index (χ0v) is 15.5. The number of halogens is 1. The minimum absolute atomic E-state index is 0.0903. The Hall–Kier alpha value is -2.73. The summed E-state index contributed by atoms with van der Waals surface area (Å²) in [6, 6.07) is 7.70. The molecule has 1 aliphatic rings. The van der Waals surface area contributed by atoms with Crippen molar-refractivity contribution < 1.29 is 9.21 Å². The monoisotopic (exact) mass is 382 g/mol. The van der Waals surface area contributed by atoms with Crippen LogP contribution in [0.1, 0.15) is 46.5 Å². The number of oxazole rings is 1. The van der Waals surface area contributed by atoms with Crippen molar-refractivity contribution in [3.63, 3.8) is 0 Å². The van der Waals surface area contributed by atoms with E-state index >= 15 is 0 Å². The van der Waals surface area contributed by atoms with Crippen molar-refractivity contribution in [1.29, 1.82) is 0 Å².